The van der Waals surface area contributed by atoms with Crippen LogP contribution in [-0.4, -0.2) is 29.7 Å². The van der Waals surface area contributed by atoms with Crippen molar-refractivity contribution in [3.63, 3.8) is 0 Å². The van der Waals surface area contributed by atoms with Crippen LogP contribution in [0.25, 0.3) is 10.9 Å². The van der Waals surface area contributed by atoms with E-state index in [-0.39, 0.29) is 24.0 Å². The first-order valence-corrected chi connectivity index (χ1v) is 8.36. The van der Waals surface area contributed by atoms with Crippen LogP contribution in [0.2, 0.25) is 0 Å². The van der Waals surface area contributed by atoms with E-state index in [9.17, 15) is 0 Å². The molecule has 0 bridgehead atoms. The lowest BCUT2D eigenvalue weighted by Gasteiger charge is -2.11. The molecule has 23 heavy (non-hydrogen) atoms. The van der Waals surface area contributed by atoms with Crippen LogP contribution in [0.15, 0.2) is 41.5 Å². The van der Waals surface area contributed by atoms with Crippen LogP contribution in [0.3, 0.4) is 0 Å². The van der Waals surface area contributed by atoms with Crippen LogP contribution in [-0.2, 0) is 6.54 Å². The highest BCUT2D eigenvalue weighted by Gasteiger charge is 2.33. The number of rotatable bonds is 6. The summed E-state index contributed by atoms with van der Waals surface area (Å²) in [6.07, 6.45) is 4.49. The number of nitrogens with zero attached hydrogens (tertiary/aromatic N) is 2. The summed E-state index contributed by atoms with van der Waals surface area (Å²) in [5, 5.41) is 8.14. The summed E-state index contributed by atoms with van der Waals surface area (Å²) in [7, 11) is 0. The van der Waals surface area contributed by atoms with Gasteiger partial charge in [-0.2, -0.15) is 0 Å². The molecule has 4 nitrogen and oxygen atoms in total. The highest BCUT2D eigenvalue weighted by Crippen LogP contribution is 2.28. The van der Waals surface area contributed by atoms with E-state index in [1.54, 1.807) is 0 Å². The summed E-state index contributed by atoms with van der Waals surface area (Å²) in [5.41, 5.74) is 1.31. The molecule has 0 saturated heterocycles. The molecule has 1 aromatic carbocycles. The molecule has 0 aliphatic heterocycles. The molecule has 2 atom stereocenters. The van der Waals surface area contributed by atoms with Crippen molar-refractivity contribution in [3.8, 4) is 0 Å². The predicted molar refractivity (Wildman–Crippen MR) is 109 cm³/mol. The minimum atomic E-state index is 0. The van der Waals surface area contributed by atoms with Gasteiger partial charge in [0.05, 0.1) is 0 Å². The molecule has 1 saturated carbocycles. The van der Waals surface area contributed by atoms with E-state index in [4.69, 9.17) is 0 Å². The summed E-state index contributed by atoms with van der Waals surface area (Å²) < 4.78 is 2.31. The van der Waals surface area contributed by atoms with E-state index in [2.05, 4.69) is 70.6 Å². The molecule has 1 aliphatic carbocycles. The lowest BCUT2D eigenvalue weighted by molar-refractivity contribution is 0.665. The van der Waals surface area contributed by atoms with Crippen molar-refractivity contribution in [2.75, 3.05) is 13.1 Å². The zero-order chi connectivity index (χ0) is 15.4. The standard InChI is InChI=1S/C18H26N4.HI/c1-3-19-18(21-16-13-14(16)2)20-10-6-11-22-12-9-15-7-4-5-8-17(15)22;/h4-5,7-9,12,14,16H,3,6,10-11,13H2,1-2H3,(H2,19,20,21);1H. The Hall–Kier alpha value is -1.24. The fraction of sp³-hybridized carbons (Fsp3) is 0.500. The number of para-hydroxylation sites is 1. The molecule has 5 heteroatoms. The third-order valence-corrected chi connectivity index (χ3v) is 4.28. The van der Waals surface area contributed by atoms with Gasteiger partial charge in [0.1, 0.15) is 0 Å². The number of hydrogen-bond donors (Lipinski definition) is 2. The number of aryl methyl sites for hydroxylation is 1. The molecule has 3 rings (SSSR count). The second kappa shape index (κ2) is 8.57. The highest BCUT2D eigenvalue weighted by atomic mass is 127. The van der Waals surface area contributed by atoms with Crippen LogP contribution in [0, 0.1) is 5.92 Å². The molecule has 1 aromatic heterocycles. The third-order valence-electron chi connectivity index (χ3n) is 4.28. The van der Waals surface area contributed by atoms with Gasteiger partial charge in [-0.05, 0) is 43.2 Å². The maximum Gasteiger partial charge on any atom is 0.191 e. The zero-order valence-corrected chi connectivity index (χ0v) is 16.3. The van der Waals surface area contributed by atoms with Crippen LogP contribution in [0.5, 0.6) is 0 Å². The maximum atomic E-state index is 4.69. The van der Waals surface area contributed by atoms with Gasteiger partial charge >= 0.3 is 0 Å². The van der Waals surface area contributed by atoms with Crippen molar-refractivity contribution in [3.05, 3.63) is 36.5 Å². The minimum Gasteiger partial charge on any atom is -0.357 e. The van der Waals surface area contributed by atoms with E-state index in [0.717, 1.165) is 37.9 Å². The number of nitrogens with one attached hydrogen (secondary N) is 2. The Labute approximate surface area is 155 Å². The van der Waals surface area contributed by atoms with Crippen molar-refractivity contribution < 1.29 is 0 Å². The summed E-state index contributed by atoms with van der Waals surface area (Å²) >= 11 is 0. The molecular weight excluding hydrogens is 399 g/mol. The van der Waals surface area contributed by atoms with Crippen LogP contribution >= 0.6 is 24.0 Å². The summed E-state index contributed by atoms with van der Waals surface area (Å²) in [6.45, 7) is 7.16. The first kappa shape index (κ1) is 18.1. The smallest absolute Gasteiger partial charge is 0.191 e. The lowest BCUT2D eigenvalue weighted by atomic mass is 10.2. The van der Waals surface area contributed by atoms with Crippen molar-refractivity contribution in [2.45, 2.75) is 39.3 Å². The number of aliphatic imine (C=N–C) groups is 1. The normalized spacial score (nSPS) is 20.2. The predicted octanol–water partition coefficient (Wildman–Crippen LogP) is 3.61. The highest BCUT2D eigenvalue weighted by molar-refractivity contribution is 14.0. The van der Waals surface area contributed by atoms with E-state index >= 15 is 0 Å². The van der Waals surface area contributed by atoms with Gasteiger partial charge < -0.3 is 15.2 Å². The van der Waals surface area contributed by atoms with E-state index in [0.29, 0.717) is 6.04 Å². The van der Waals surface area contributed by atoms with Gasteiger partial charge in [0.25, 0.3) is 0 Å². The van der Waals surface area contributed by atoms with Crippen LogP contribution in [0.4, 0.5) is 0 Å². The van der Waals surface area contributed by atoms with E-state index in [1.165, 1.54) is 17.3 Å². The Morgan fingerprint density at radius 3 is 2.83 bits per heavy atom. The SMILES string of the molecule is CCNC(=NCCCn1ccc2ccccc21)NC1CC1C.I. The van der Waals surface area contributed by atoms with Gasteiger partial charge in [-0.3, -0.25) is 4.99 Å². The summed E-state index contributed by atoms with van der Waals surface area (Å²) in [5.74, 6) is 1.75. The molecule has 2 N–H and O–H groups in total. The Morgan fingerprint density at radius 1 is 1.30 bits per heavy atom. The third kappa shape index (κ3) is 4.86. The van der Waals surface area contributed by atoms with Gasteiger partial charge in [-0.1, -0.05) is 25.1 Å². The van der Waals surface area contributed by atoms with Crippen molar-refractivity contribution in [1.82, 2.24) is 15.2 Å². The van der Waals surface area contributed by atoms with Gasteiger partial charge in [-0.15, -0.1) is 24.0 Å². The van der Waals surface area contributed by atoms with Gasteiger partial charge in [0, 0.05) is 37.4 Å². The first-order chi connectivity index (χ1) is 10.8. The fourth-order valence-electron chi connectivity index (χ4n) is 2.79. The van der Waals surface area contributed by atoms with Crippen molar-refractivity contribution in [1.29, 1.82) is 0 Å². The quantitative estimate of drug-likeness (QED) is 0.321. The van der Waals surface area contributed by atoms with Gasteiger partial charge in [0.2, 0.25) is 0 Å². The molecule has 1 fully saturated rings. The summed E-state index contributed by atoms with van der Waals surface area (Å²) in [4.78, 5) is 4.69. The molecule has 0 amide bonds. The topological polar surface area (TPSA) is 41.4 Å². The van der Waals surface area contributed by atoms with Crippen molar-refractivity contribution >= 4 is 40.8 Å². The molecule has 126 valence electrons. The zero-order valence-electron chi connectivity index (χ0n) is 14.0. The number of fused-ring (bicyclic) bond motifs is 1. The number of benzene rings is 1. The van der Waals surface area contributed by atoms with Crippen LogP contribution in [0.1, 0.15) is 26.7 Å². The largest absolute Gasteiger partial charge is 0.357 e. The fourth-order valence-corrected chi connectivity index (χ4v) is 2.79. The second-order valence-electron chi connectivity index (χ2n) is 6.15. The van der Waals surface area contributed by atoms with E-state index < -0.39 is 0 Å². The van der Waals surface area contributed by atoms with Gasteiger partial charge in [-0.25, -0.2) is 0 Å². The van der Waals surface area contributed by atoms with Crippen LogP contribution < -0.4 is 10.6 Å². The molecule has 2 unspecified atom stereocenters. The monoisotopic (exact) mass is 426 g/mol. The number of guanidine groups is 1. The first-order valence-electron chi connectivity index (χ1n) is 8.36. The average Bonchev–Trinajstić information content (AvgIpc) is 3.07. The minimum absolute atomic E-state index is 0. The Bertz CT molecular complexity index is 649. The van der Waals surface area contributed by atoms with Crippen molar-refractivity contribution in [2.24, 2.45) is 10.9 Å². The Morgan fingerprint density at radius 2 is 2.09 bits per heavy atom. The van der Waals surface area contributed by atoms with Gasteiger partial charge in [0.15, 0.2) is 5.96 Å². The molecular formula is C18H27IN4. The number of hydrogen-bond acceptors (Lipinski definition) is 1. The summed E-state index contributed by atoms with van der Waals surface area (Å²) in [6, 6.07) is 11.3. The molecule has 2 aromatic rings. The number of aromatic nitrogens is 1. The Kier molecular flexibility index (Phi) is 6.74. The van der Waals surface area contributed by atoms with E-state index in [1.807, 2.05) is 0 Å². The molecule has 1 heterocycles. The molecule has 0 spiro atoms. The molecule has 0 radical (unpaired) electrons. The average molecular weight is 426 g/mol. The Balaban J connectivity index is 0.00000192. The molecule has 1 aliphatic rings. The number of halogens is 1. The lowest BCUT2D eigenvalue weighted by Crippen LogP contribution is -2.39. The second-order valence-corrected chi connectivity index (χ2v) is 6.15. The maximum absolute atomic E-state index is 4.69.